The molecule has 1 aliphatic carbocycles. The molecule has 0 spiro atoms. The van der Waals surface area contributed by atoms with Gasteiger partial charge in [-0.15, -0.1) is 0 Å². The second-order valence-corrected chi connectivity index (χ2v) is 9.32. The number of rotatable bonds is 9. The molecular formula is C30H29NO9. The molecule has 40 heavy (non-hydrogen) atoms. The lowest BCUT2D eigenvalue weighted by atomic mass is 10.00. The molecule has 0 radical (unpaired) electrons. The highest BCUT2D eigenvalue weighted by molar-refractivity contribution is 5.95. The van der Waals surface area contributed by atoms with Crippen LogP contribution < -0.4 is 10.5 Å². The molecule has 10 nitrogen and oxygen atoms in total. The van der Waals surface area contributed by atoms with Crippen LogP contribution in [0.15, 0.2) is 78.9 Å². The average molecular weight is 548 g/mol. The number of carbonyl (C=O) groups is 4. The van der Waals surface area contributed by atoms with E-state index in [2.05, 4.69) is 18.2 Å². The molecule has 0 bridgehead atoms. The summed E-state index contributed by atoms with van der Waals surface area (Å²) in [5.41, 5.74) is 8.66. The Bertz CT molecular complexity index is 1290. The van der Waals surface area contributed by atoms with Crippen molar-refractivity contribution >= 4 is 23.9 Å². The van der Waals surface area contributed by atoms with E-state index in [4.69, 9.17) is 19.9 Å². The van der Waals surface area contributed by atoms with Crippen molar-refractivity contribution in [3.05, 3.63) is 101 Å². The van der Waals surface area contributed by atoms with Crippen LogP contribution >= 0.6 is 0 Å². The minimum atomic E-state index is -2.21. The first-order valence-corrected chi connectivity index (χ1v) is 12.7. The number of ether oxygens (including phenoxy) is 3. The first-order valence-electron chi connectivity index (χ1n) is 12.7. The van der Waals surface area contributed by atoms with Crippen molar-refractivity contribution in [3.63, 3.8) is 0 Å². The van der Waals surface area contributed by atoms with Crippen molar-refractivity contribution in [1.82, 2.24) is 0 Å². The van der Waals surface area contributed by atoms with Crippen LogP contribution in [-0.2, 0) is 25.5 Å². The van der Waals surface area contributed by atoms with E-state index in [0.29, 0.717) is 0 Å². The normalized spacial score (nSPS) is 18.0. The van der Waals surface area contributed by atoms with Gasteiger partial charge in [-0.05, 0) is 60.7 Å². The Kier molecular flexibility index (Phi) is 9.13. The maximum absolute atomic E-state index is 12.0. The Morgan fingerprint density at radius 1 is 0.800 bits per heavy atom. The lowest BCUT2D eigenvalue weighted by molar-refractivity contribution is -0.166. The third kappa shape index (κ3) is 6.83. The number of hydrogen-bond donors (Lipinski definition) is 3. The molecule has 1 fully saturated rings. The van der Waals surface area contributed by atoms with Crippen molar-refractivity contribution in [2.75, 3.05) is 13.2 Å². The van der Waals surface area contributed by atoms with E-state index in [-0.39, 0.29) is 11.1 Å². The second kappa shape index (κ2) is 12.9. The van der Waals surface area contributed by atoms with Crippen molar-refractivity contribution < 1.29 is 43.6 Å². The lowest BCUT2D eigenvalue weighted by Crippen LogP contribution is -2.45. The number of benzene rings is 3. The van der Waals surface area contributed by atoms with Gasteiger partial charge in [0.2, 0.25) is 12.2 Å². The summed E-state index contributed by atoms with van der Waals surface area (Å²) in [6, 6.07) is 21.3. The highest BCUT2D eigenvalue weighted by Crippen LogP contribution is 2.49. The predicted octanol–water partition coefficient (Wildman–Crippen LogP) is 3.29. The highest BCUT2D eigenvalue weighted by atomic mass is 16.6. The fraction of sp³-hybridized carbons (Fsp3) is 0.267. The van der Waals surface area contributed by atoms with Gasteiger partial charge in [0.1, 0.15) is 5.75 Å². The molecule has 2 unspecified atom stereocenters. The van der Waals surface area contributed by atoms with E-state index in [9.17, 15) is 29.4 Å². The molecule has 1 saturated carbocycles. The summed E-state index contributed by atoms with van der Waals surface area (Å²) in [6.07, 6.45) is -2.08. The maximum atomic E-state index is 12.0. The molecule has 3 aromatic carbocycles. The second-order valence-electron chi connectivity index (χ2n) is 9.32. The number of esters is 2. The molecule has 4 N–H and O–H groups in total. The van der Waals surface area contributed by atoms with Crippen LogP contribution in [0.3, 0.4) is 0 Å². The van der Waals surface area contributed by atoms with Crippen LogP contribution in [-0.4, -0.2) is 59.4 Å². The first kappa shape index (κ1) is 28.3. The largest absolute Gasteiger partial charge is 0.493 e. The number of carboxylic acids is 2. The number of fused-ring (bicyclic) bond motifs is 1. The molecule has 2 aliphatic rings. The van der Waals surface area contributed by atoms with Crippen LogP contribution in [0.2, 0.25) is 0 Å². The van der Waals surface area contributed by atoms with Crippen LogP contribution in [0.5, 0.6) is 5.75 Å². The smallest absolute Gasteiger partial charge is 0.349 e. The quantitative estimate of drug-likeness (QED) is 0.339. The first-order chi connectivity index (χ1) is 19.3. The van der Waals surface area contributed by atoms with Gasteiger partial charge in [-0.1, -0.05) is 48.5 Å². The van der Waals surface area contributed by atoms with Gasteiger partial charge in [0.15, 0.2) is 0 Å². The molecule has 1 heterocycles. The van der Waals surface area contributed by atoms with Crippen molar-refractivity contribution in [2.24, 2.45) is 11.7 Å². The lowest BCUT2D eigenvalue weighted by Gasteiger charge is -2.21. The van der Waals surface area contributed by atoms with Gasteiger partial charge in [0.05, 0.1) is 17.7 Å². The molecule has 3 aromatic rings. The van der Waals surface area contributed by atoms with Crippen molar-refractivity contribution in [1.29, 1.82) is 0 Å². The third-order valence-electron chi connectivity index (χ3n) is 6.65. The SMILES string of the molecule is NC[C@@H]1C[C@H]1c1cccc2c1CCO2.O=C(OC(C(=O)O)C(OC(=O)c1ccccc1)C(=O)O)c1ccccc1. The molecule has 4 atom stereocenters. The summed E-state index contributed by atoms with van der Waals surface area (Å²) in [7, 11) is 0. The topological polar surface area (TPSA) is 162 Å². The van der Waals surface area contributed by atoms with Gasteiger partial charge < -0.3 is 30.2 Å². The zero-order valence-corrected chi connectivity index (χ0v) is 21.5. The molecule has 1 aliphatic heterocycles. The molecule has 208 valence electrons. The Labute approximate surface area is 230 Å². The summed E-state index contributed by atoms with van der Waals surface area (Å²) >= 11 is 0. The summed E-state index contributed by atoms with van der Waals surface area (Å²) in [5.74, 6) is -3.09. The molecule has 0 saturated heterocycles. The number of hydrogen-bond acceptors (Lipinski definition) is 8. The predicted molar refractivity (Wildman–Crippen MR) is 142 cm³/mol. The van der Waals surface area contributed by atoms with Crippen molar-refractivity contribution in [2.45, 2.75) is 31.0 Å². The molecule has 0 aromatic heterocycles. The van der Waals surface area contributed by atoms with E-state index in [1.807, 2.05) is 0 Å². The number of aliphatic carboxylic acids is 2. The average Bonchev–Trinajstić information content (AvgIpc) is 3.60. The van der Waals surface area contributed by atoms with E-state index >= 15 is 0 Å². The molecule has 5 rings (SSSR count). The van der Waals surface area contributed by atoms with Gasteiger partial charge in [-0.3, -0.25) is 0 Å². The van der Waals surface area contributed by atoms with Gasteiger partial charge in [0, 0.05) is 12.0 Å². The Balaban J connectivity index is 0.000000219. The van der Waals surface area contributed by atoms with E-state index in [1.54, 1.807) is 12.1 Å². The Morgan fingerprint density at radius 3 is 1.77 bits per heavy atom. The summed E-state index contributed by atoms with van der Waals surface area (Å²) in [4.78, 5) is 46.8. The summed E-state index contributed by atoms with van der Waals surface area (Å²) < 4.78 is 15.1. The van der Waals surface area contributed by atoms with Crippen LogP contribution in [0.4, 0.5) is 0 Å². The fourth-order valence-corrected chi connectivity index (χ4v) is 4.48. The molecule has 10 heteroatoms. The van der Waals surface area contributed by atoms with E-state index in [0.717, 1.165) is 37.2 Å². The van der Waals surface area contributed by atoms with Crippen LogP contribution in [0, 0.1) is 5.92 Å². The van der Waals surface area contributed by atoms with Crippen molar-refractivity contribution in [3.8, 4) is 5.75 Å². The van der Waals surface area contributed by atoms with E-state index < -0.39 is 36.1 Å². The number of carboxylic acid groups (broad SMARTS) is 2. The summed E-state index contributed by atoms with van der Waals surface area (Å²) in [5, 5.41) is 18.5. The highest BCUT2D eigenvalue weighted by Gasteiger charge is 2.41. The van der Waals surface area contributed by atoms with Gasteiger partial charge in [-0.2, -0.15) is 0 Å². The minimum Gasteiger partial charge on any atom is -0.493 e. The maximum Gasteiger partial charge on any atom is 0.349 e. The van der Waals surface area contributed by atoms with E-state index in [1.165, 1.54) is 66.1 Å². The van der Waals surface area contributed by atoms with Gasteiger partial charge in [0.25, 0.3) is 0 Å². The van der Waals surface area contributed by atoms with Gasteiger partial charge in [-0.25, -0.2) is 19.2 Å². The third-order valence-corrected chi connectivity index (χ3v) is 6.65. The minimum absolute atomic E-state index is 0.0253. The zero-order chi connectivity index (χ0) is 28.6. The zero-order valence-electron chi connectivity index (χ0n) is 21.5. The van der Waals surface area contributed by atoms with Gasteiger partial charge >= 0.3 is 23.9 Å². The monoisotopic (exact) mass is 547 g/mol. The van der Waals surface area contributed by atoms with Crippen LogP contribution in [0.25, 0.3) is 0 Å². The molecular weight excluding hydrogens is 518 g/mol. The molecule has 0 amide bonds. The fourth-order valence-electron chi connectivity index (χ4n) is 4.48. The van der Waals surface area contributed by atoms with Crippen LogP contribution in [0.1, 0.15) is 44.2 Å². The summed E-state index contributed by atoms with van der Waals surface area (Å²) in [6.45, 7) is 1.68. The number of carbonyl (C=O) groups excluding carboxylic acids is 2. The Morgan fingerprint density at radius 2 is 1.32 bits per heavy atom. The number of nitrogens with two attached hydrogens (primary N) is 1. The Hall–Kier alpha value is -4.70. The standard InChI is InChI=1S/C18H14O8.C12H15NO/c19-15(20)13(25-17(23)11-7-3-1-4-8-11)14(16(21)22)26-18(24)12-9-5-2-6-10-12;13-7-8-6-11(8)9-2-1-3-12-10(9)4-5-14-12/h1-10,13-14H,(H,19,20)(H,21,22);1-3,8,11H,4-7,13H2/t;8-,11+/m.0/s1.